The number of carbonyl (C=O) groups excluding carboxylic acids is 1. The number of anilines is 2. The molecule has 144 valence electrons. The van der Waals surface area contributed by atoms with Gasteiger partial charge >= 0.3 is 0 Å². The summed E-state index contributed by atoms with van der Waals surface area (Å²) in [6.45, 7) is 6.58. The van der Waals surface area contributed by atoms with Gasteiger partial charge in [0.15, 0.2) is 0 Å². The van der Waals surface area contributed by atoms with Crippen LogP contribution in [0.5, 0.6) is 0 Å². The number of rotatable bonds is 6. The van der Waals surface area contributed by atoms with Crippen LogP contribution >= 0.6 is 12.6 Å². The van der Waals surface area contributed by atoms with E-state index in [1.165, 1.54) is 5.57 Å². The lowest BCUT2D eigenvalue weighted by molar-refractivity contribution is 0.0908. The molecule has 0 spiro atoms. The van der Waals surface area contributed by atoms with Crippen molar-refractivity contribution in [1.82, 2.24) is 9.55 Å². The molecule has 2 atom stereocenters. The second-order valence-corrected chi connectivity index (χ2v) is 7.73. The van der Waals surface area contributed by atoms with Crippen LogP contribution in [0.4, 0.5) is 11.6 Å². The van der Waals surface area contributed by atoms with Gasteiger partial charge in [0.1, 0.15) is 0 Å². The number of para-hydroxylation sites is 1. The molecule has 2 unspecified atom stereocenters. The number of nitrogens with zero attached hydrogens (tertiary/aromatic N) is 3. The van der Waals surface area contributed by atoms with Crippen LogP contribution in [-0.4, -0.2) is 28.3 Å². The van der Waals surface area contributed by atoms with Crippen molar-refractivity contribution >= 4 is 30.2 Å². The predicted molar refractivity (Wildman–Crippen MR) is 116 cm³/mol. The maximum atomic E-state index is 13.0. The Bertz CT molecular complexity index is 841. The number of fused-ring (bicyclic) bond motifs is 1. The first-order chi connectivity index (χ1) is 13.0. The van der Waals surface area contributed by atoms with Crippen molar-refractivity contribution in [1.29, 1.82) is 0 Å². The van der Waals surface area contributed by atoms with Crippen LogP contribution in [0.3, 0.4) is 0 Å². The van der Waals surface area contributed by atoms with Gasteiger partial charge in [0.05, 0.1) is 11.4 Å². The van der Waals surface area contributed by atoms with E-state index < -0.39 is 0 Å². The molecule has 1 aromatic carbocycles. The van der Waals surface area contributed by atoms with Gasteiger partial charge < -0.3 is 4.90 Å². The van der Waals surface area contributed by atoms with Crippen LogP contribution in [0.1, 0.15) is 68.1 Å². The summed E-state index contributed by atoms with van der Waals surface area (Å²) in [5.74, 6) is 1.70. The van der Waals surface area contributed by atoms with Gasteiger partial charge in [0.2, 0.25) is 11.9 Å². The number of aromatic nitrogens is 2. The zero-order chi connectivity index (χ0) is 19.6. The van der Waals surface area contributed by atoms with E-state index in [2.05, 4.69) is 39.5 Å². The normalized spacial score (nSPS) is 18.8. The molecule has 1 aliphatic carbocycles. The molecule has 3 rings (SSSR count). The summed E-state index contributed by atoms with van der Waals surface area (Å²) < 4.78 is 1.83. The van der Waals surface area contributed by atoms with Gasteiger partial charge in [0, 0.05) is 31.0 Å². The van der Waals surface area contributed by atoms with Gasteiger partial charge in [-0.05, 0) is 24.3 Å². The van der Waals surface area contributed by atoms with Crippen LogP contribution in [-0.2, 0) is 0 Å². The minimum Gasteiger partial charge on any atom is -0.315 e. The van der Waals surface area contributed by atoms with Gasteiger partial charge in [-0.25, -0.2) is 4.98 Å². The Balaban J connectivity index is 2.14. The predicted octanol–water partition coefficient (Wildman–Crippen LogP) is 5.56. The fraction of sp³-hybridized carbons (Fsp3) is 0.455. The van der Waals surface area contributed by atoms with Gasteiger partial charge in [-0.15, -0.1) is 0 Å². The standard InChI is InChI=1S/C22H29N3OS/c1-5-9-17-14-15(2)21-20(16(17)3)23-22(25(21)19(26)12-13-27)24(4)18-10-7-6-8-11-18/h6-8,10-11,14-16,27H,5,9,12-13H2,1-4H3. The largest absolute Gasteiger partial charge is 0.315 e. The summed E-state index contributed by atoms with van der Waals surface area (Å²) in [4.78, 5) is 20.0. The average Bonchev–Trinajstić information content (AvgIpc) is 3.08. The second kappa shape index (κ2) is 8.34. The summed E-state index contributed by atoms with van der Waals surface area (Å²) in [6.07, 6.45) is 4.92. The topological polar surface area (TPSA) is 38.1 Å². The lowest BCUT2D eigenvalue weighted by Crippen LogP contribution is -2.23. The minimum absolute atomic E-state index is 0.0583. The molecule has 0 fully saturated rings. The Morgan fingerprint density at radius 2 is 1.96 bits per heavy atom. The van der Waals surface area contributed by atoms with E-state index in [-0.39, 0.29) is 17.7 Å². The van der Waals surface area contributed by atoms with E-state index in [0.717, 1.165) is 29.9 Å². The first-order valence-corrected chi connectivity index (χ1v) is 10.4. The number of hydrogen-bond donors (Lipinski definition) is 1. The third kappa shape index (κ3) is 3.70. The van der Waals surface area contributed by atoms with Gasteiger partial charge in [0.25, 0.3) is 0 Å². The number of hydrogen-bond acceptors (Lipinski definition) is 4. The van der Waals surface area contributed by atoms with Crippen molar-refractivity contribution in [3.8, 4) is 0 Å². The summed E-state index contributed by atoms with van der Waals surface area (Å²) >= 11 is 4.28. The first kappa shape index (κ1) is 19.7. The molecule has 0 radical (unpaired) electrons. The molecule has 5 heteroatoms. The van der Waals surface area contributed by atoms with E-state index in [1.54, 1.807) is 0 Å². The third-order valence-electron chi connectivity index (χ3n) is 5.34. The van der Waals surface area contributed by atoms with Gasteiger partial charge in [-0.1, -0.05) is 57.0 Å². The van der Waals surface area contributed by atoms with Crippen molar-refractivity contribution < 1.29 is 4.79 Å². The van der Waals surface area contributed by atoms with E-state index in [9.17, 15) is 4.79 Å². The number of imidazole rings is 1. The maximum Gasteiger partial charge on any atom is 0.234 e. The van der Waals surface area contributed by atoms with Crippen LogP contribution < -0.4 is 4.90 Å². The molecule has 0 amide bonds. The molecule has 0 bridgehead atoms. The summed E-state index contributed by atoms with van der Waals surface area (Å²) in [7, 11) is 1.98. The molecule has 27 heavy (non-hydrogen) atoms. The van der Waals surface area contributed by atoms with Crippen LogP contribution in [0, 0.1) is 0 Å². The molecule has 1 heterocycles. The third-order valence-corrected chi connectivity index (χ3v) is 5.57. The second-order valence-electron chi connectivity index (χ2n) is 7.28. The van der Waals surface area contributed by atoms with Crippen LogP contribution in [0.25, 0.3) is 0 Å². The molecular formula is C22H29N3OS. The highest BCUT2D eigenvalue weighted by atomic mass is 32.1. The Kier molecular flexibility index (Phi) is 6.10. The number of allylic oxidation sites excluding steroid dienone is 2. The summed E-state index contributed by atoms with van der Waals surface area (Å²) in [5, 5.41) is 0. The Morgan fingerprint density at radius 3 is 2.59 bits per heavy atom. The van der Waals surface area contributed by atoms with Crippen molar-refractivity contribution in [3.05, 3.63) is 53.4 Å². The zero-order valence-electron chi connectivity index (χ0n) is 16.6. The molecule has 0 N–H and O–H groups in total. The van der Waals surface area contributed by atoms with Crippen LogP contribution in [0.15, 0.2) is 42.0 Å². The highest BCUT2D eigenvalue weighted by molar-refractivity contribution is 7.80. The maximum absolute atomic E-state index is 13.0. The molecule has 0 saturated carbocycles. The van der Waals surface area contributed by atoms with E-state index in [1.807, 2.05) is 46.8 Å². The zero-order valence-corrected chi connectivity index (χ0v) is 17.5. The highest BCUT2D eigenvalue weighted by Gasteiger charge is 2.33. The number of benzene rings is 1. The van der Waals surface area contributed by atoms with Gasteiger partial charge in [-0.3, -0.25) is 9.36 Å². The molecule has 2 aromatic rings. The summed E-state index contributed by atoms with van der Waals surface area (Å²) in [6, 6.07) is 10.1. The van der Waals surface area contributed by atoms with E-state index >= 15 is 0 Å². The Labute approximate surface area is 167 Å². The first-order valence-electron chi connectivity index (χ1n) is 9.75. The molecule has 1 aromatic heterocycles. The Morgan fingerprint density at radius 1 is 1.26 bits per heavy atom. The lowest BCUT2D eigenvalue weighted by atomic mass is 9.83. The smallest absolute Gasteiger partial charge is 0.234 e. The molecular weight excluding hydrogens is 354 g/mol. The van der Waals surface area contributed by atoms with E-state index in [4.69, 9.17) is 4.98 Å². The number of carbonyl (C=O) groups is 1. The fourth-order valence-electron chi connectivity index (χ4n) is 3.95. The number of thiol groups is 1. The van der Waals surface area contributed by atoms with Crippen molar-refractivity contribution in [2.24, 2.45) is 0 Å². The van der Waals surface area contributed by atoms with Crippen LogP contribution in [0.2, 0.25) is 0 Å². The van der Waals surface area contributed by atoms with Gasteiger partial charge in [-0.2, -0.15) is 12.6 Å². The highest BCUT2D eigenvalue weighted by Crippen LogP contribution is 2.42. The lowest BCUT2D eigenvalue weighted by Gasteiger charge is -2.25. The monoisotopic (exact) mass is 383 g/mol. The average molecular weight is 384 g/mol. The van der Waals surface area contributed by atoms with Crippen molar-refractivity contribution in [2.45, 2.75) is 51.9 Å². The molecule has 1 aliphatic rings. The molecule has 0 aliphatic heterocycles. The fourth-order valence-corrected chi connectivity index (χ4v) is 4.14. The van der Waals surface area contributed by atoms with Crippen molar-refractivity contribution in [2.75, 3.05) is 17.7 Å². The quantitative estimate of drug-likeness (QED) is 0.524. The summed E-state index contributed by atoms with van der Waals surface area (Å²) in [5.41, 5.74) is 4.52. The van der Waals surface area contributed by atoms with Crippen molar-refractivity contribution in [3.63, 3.8) is 0 Å². The molecule has 4 nitrogen and oxygen atoms in total. The minimum atomic E-state index is 0.0583. The SMILES string of the molecule is CCCC1=CC(C)c2c(nc(N(C)c3ccccc3)n2C(=O)CCS)C1C. The Hall–Kier alpha value is -2.01. The van der Waals surface area contributed by atoms with E-state index in [0.29, 0.717) is 18.1 Å². The molecule has 0 saturated heterocycles.